The van der Waals surface area contributed by atoms with E-state index in [0.29, 0.717) is 23.7 Å². The fraction of sp³-hybridized carbons (Fsp3) is 0.917. The zero-order valence-corrected chi connectivity index (χ0v) is 9.00. The van der Waals surface area contributed by atoms with Crippen molar-refractivity contribution in [3.8, 4) is 0 Å². The van der Waals surface area contributed by atoms with E-state index < -0.39 is 0 Å². The molecule has 2 nitrogen and oxygen atoms in total. The lowest BCUT2D eigenvalue weighted by Crippen LogP contribution is -2.25. The monoisotopic (exact) mass is 196 g/mol. The lowest BCUT2D eigenvalue weighted by molar-refractivity contribution is -0.126. The molecule has 1 heterocycles. The minimum atomic E-state index is 0.386. The normalized spacial score (nSPS) is 37.2. The summed E-state index contributed by atoms with van der Waals surface area (Å²) in [7, 11) is 0. The van der Waals surface area contributed by atoms with Crippen molar-refractivity contribution in [1.82, 2.24) is 0 Å². The summed E-state index contributed by atoms with van der Waals surface area (Å²) in [4.78, 5) is 11.8. The molecule has 14 heavy (non-hydrogen) atoms. The topological polar surface area (TPSA) is 29.6 Å². The zero-order valence-electron chi connectivity index (χ0n) is 9.00. The molecular formula is C12H20O2. The smallest absolute Gasteiger partial charge is 0.136 e. The van der Waals surface area contributed by atoms with Crippen LogP contribution in [0, 0.1) is 11.8 Å². The van der Waals surface area contributed by atoms with E-state index in [2.05, 4.69) is 6.92 Å². The van der Waals surface area contributed by atoms with Crippen LogP contribution in [0.4, 0.5) is 0 Å². The third-order valence-electron chi connectivity index (χ3n) is 3.50. The summed E-state index contributed by atoms with van der Waals surface area (Å²) in [6, 6.07) is 0. The van der Waals surface area contributed by atoms with Crippen LogP contribution in [0.5, 0.6) is 0 Å². The molecule has 2 rings (SSSR count). The Morgan fingerprint density at radius 3 is 2.79 bits per heavy atom. The average Bonchev–Trinajstić information content (AvgIpc) is 2.94. The highest BCUT2D eigenvalue weighted by Gasteiger charge is 2.32. The van der Waals surface area contributed by atoms with Gasteiger partial charge in [-0.25, -0.2) is 0 Å². The number of Topliss-reactive ketones (excluding diaryl/α,β-unsaturated/α-hetero) is 1. The first kappa shape index (κ1) is 10.2. The molecule has 2 heteroatoms. The summed E-state index contributed by atoms with van der Waals surface area (Å²) in [5.74, 6) is 1.53. The lowest BCUT2D eigenvalue weighted by Gasteiger charge is -2.26. The predicted octanol–water partition coefficient (Wildman–Crippen LogP) is 2.56. The molecule has 2 fully saturated rings. The zero-order chi connectivity index (χ0) is 9.97. The van der Waals surface area contributed by atoms with E-state index in [1.807, 2.05) is 0 Å². The summed E-state index contributed by atoms with van der Waals surface area (Å²) in [5, 5.41) is 0. The van der Waals surface area contributed by atoms with E-state index in [9.17, 15) is 4.79 Å². The molecule has 0 bridgehead atoms. The Morgan fingerprint density at radius 2 is 2.21 bits per heavy atom. The molecule has 80 valence electrons. The van der Waals surface area contributed by atoms with Gasteiger partial charge < -0.3 is 4.74 Å². The van der Waals surface area contributed by atoms with E-state index in [1.165, 1.54) is 6.42 Å². The number of carbonyl (C=O) groups excluding carboxylic acids is 1. The molecule has 3 atom stereocenters. The maximum atomic E-state index is 11.8. The Kier molecular flexibility index (Phi) is 3.22. The number of hydrogen-bond acceptors (Lipinski definition) is 2. The van der Waals surface area contributed by atoms with E-state index >= 15 is 0 Å². The number of ketones is 1. The second-order valence-corrected chi connectivity index (χ2v) is 4.79. The van der Waals surface area contributed by atoms with Crippen molar-refractivity contribution in [2.75, 3.05) is 6.61 Å². The van der Waals surface area contributed by atoms with Gasteiger partial charge in [-0.2, -0.15) is 0 Å². The minimum absolute atomic E-state index is 0.386. The Balaban J connectivity index is 1.76. The number of ether oxygens (including phenoxy) is 1. The molecule has 0 aromatic rings. The molecule has 0 N–H and O–H groups in total. The Hall–Kier alpha value is -0.370. The van der Waals surface area contributed by atoms with Gasteiger partial charge in [-0.05, 0) is 31.6 Å². The van der Waals surface area contributed by atoms with Gasteiger partial charge in [0.15, 0.2) is 0 Å². The summed E-state index contributed by atoms with van der Waals surface area (Å²) < 4.78 is 5.21. The van der Waals surface area contributed by atoms with Crippen molar-refractivity contribution in [2.45, 2.75) is 51.6 Å². The van der Waals surface area contributed by atoms with Crippen LogP contribution >= 0.6 is 0 Å². The van der Waals surface area contributed by atoms with E-state index in [4.69, 9.17) is 4.74 Å². The third kappa shape index (κ3) is 2.57. The molecule has 0 radical (unpaired) electrons. The molecule has 1 aliphatic heterocycles. The summed E-state index contributed by atoms with van der Waals surface area (Å²) in [6.07, 6.45) is 7.07. The van der Waals surface area contributed by atoms with Crippen LogP contribution in [0.25, 0.3) is 0 Å². The SMILES string of the molecule is CCCC1CCC(CC2CO2)CC1=O. The standard InChI is InChI=1S/C12H20O2/c1-2-3-10-5-4-9(7-12(10)13)6-11-8-14-11/h9-11H,2-8H2,1H3. The van der Waals surface area contributed by atoms with Crippen molar-refractivity contribution >= 4 is 5.78 Å². The quantitative estimate of drug-likeness (QED) is 0.647. The van der Waals surface area contributed by atoms with Gasteiger partial charge in [0, 0.05) is 12.3 Å². The molecule has 1 saturated heterocycles. The van der Waals surface area contributed by atoms with Crippen LogP contribution in [-0.4, -0.2) is 18.5 Å². The first-order valence-electron chi connectivity index (χ1n) is 5.94. The van der Waals surface area contributed by atoms with Crippen LogP contribution < -0.4 is 0 Å². The van der Waals surface area contributed by atoms with Crippen molar-refractivity contribution in [1.29, 1.82) is 0 Å². The van der Waals surface area contributed by atoms with Crippen molar-refractivity contribution in [2.24, 2.45) is 11.8 Å². The predicted molar refractivity (Wildman–Crippen MR) is 55.1 cm³/mol. The van der Waals surface area contributed by atoms with Gasteiger partial charge in [-0.1, -0.05) is 13.3 Å². The van der Waals surface area contributed by atoms with Gasteiger partial charge in [-0.15, -0.1) is 0 Å². The van der Waals surface area contributed by atoms with Gasteiger partial charge >= 0.3 is 0 Å². The fourth-order valence-electron chi connectivity index (χ4n) is 2.58. The van der Waals surface area contributed by atoms with Gasteiger partial charge in [-0.3, -0.25) is 4.79 Å². The molecule has 1 saturated carbocycles. The number of hydrogen-bond donors (Lipinski definition) is 0. The van der Waals surface area contributed by atoms with Gasteiger partial charge in [0.05, 0.1) is 12.7 Å². The van der Waals surface area contributed by atoms with Crippen molar-refractivity contribution in [3.05, 3.63) is 0 Å². The molecular weight excluding hydrogens is 176 g/mol. The van der Waals surface area contributed by atoms with Crippen LogP contribution in [-0.2, 0) is 9.53 Å². The highest BCUT2D eigenvalue weighted by atomic mass is 16.6. The molecule has 0 amide bonds. The molecule has 2 aliphatic rings. The summed E-state index contributed by atoms with van der Waals surface area (Å²) in [5.41, 5.74) is 0. The van der Waals surface area contributed by atoms with Crippen LogP contribution in [0.15, 0.2) is 0 Å². The number of rotatable bonds is 4. The third-order valence-corrected chi connectivity index (χ3v) is 3.50. The highest BCUT2D eigenvalue weighted by molar-refractivity contribution is 5.81. The second kappa shape index (κ2) is 4.43. The largest absolute Gasteiger partial charge is 0.373 e. The van der Waals surface area contributed by atoms with Crippen LogP contribution in [0.2, 0.25) is 0 Å². The average molecular weight is 196 g/mol. The van der Waals surface area contributed by atoms with Crippen molar-refractivity contribution < 1.29 is 9.53 Å². The van der Waals surface area contributed by atoms with Gasteiger partial charge in [0.1, 0.15) is 5.78 Å². The highest BCUT2D eigenvalue weighted by Crippen LogP contribution is 2.33. The van der Waals surface area contributed by atoms with Gasteiger partial charge in [0.2, 0.25) is 0 Å². The summed E-state index contributed by atoms with van der Waals surface area (Å²) >= 11 is 0. The fourth-order valence-corrected chi connectivity index (χ4v) is 2.58. The maximum absolute atomic E-state index is 11.8. The lowest BCUT2D eigenvalue weighted by atomic mass is 9.77. The van der Waals surface area contributed by atoms with Gasteiger partial charge in [0.25, 0.3) is 0 Å². The maximum Gasteiger partial charge on any atom is 0.136 e. The number of epoxide rings is 1. The van der Waals surface area contributed by atoms with E-state index in [0.717, 1.165) is 38.7 Å². The first-order chi connectivity index (χ1) is 6.79. The Bertz CT molecular complexity index is 208. The number of carbonyl (C=O) groups is 1. The van der Waals surface area contributed by atoms with Crippen molar-refractivity contribution in [3.63, 3.8) is 0 Å². The van der Waals surface area contributed by atoms with E-state index in [-0.39, 0.29) is 0 Å². The molecule has 0 aromatic carbocycles. The Labute approximate surface area is 86.0 Å². The molecule has 3 unspecified atom stereocenters. The molecule has 0 aromatic heterocycles. The van der Waals surface area contributed by atoms with E-state index in [1.54, 1.807) is 0 Å². The summed E-state index contributed by atoms with van der Waals surface area (Å²) in [6.45, 7) is 3.10. The van der Waals surface area contributed by atoms with Crippen LogP contribution in [0.1, 0.15) is 45.4 Å². The molecule has 0 spiro atoms. The minimum Gasteiger partial charge on any atom is -0.373 e. The second-order valence-electron chi connectivity index (χ2n) is 4.79. The first-order valence-corrected chi connectivity index (χ1v) is 5.94. The van der Waals surface area contributed by atoms with Crippen LogP contribution in [0.3, 0.4) is 0 Å². The molecule has 1 aliphatic carbocycles. The Morgan fingerprint density at radius 1 is 1.43 bits per heavy atom.